The number of aromatic carboxylic acids is 1. The van der Waals surface area contributed by atoms with Crippen LogP contribution in [0, 0.1) is 36.4 Å². The standard InChI is InChI=1S/C28H35FN2O7/c1-14(2)27(35)37-12-17-9-30(10-18(17)13-38-28(36)15(3)4)24-16(5)23-20(8-22(24)29)25(32)21(26(33)34)11-31(23)19-6-7-19/h8,11,14-15,17-19H,6-7,9-10,12-13H2,1-5H3,(H,33,34). The molecule has 38 heavy (non-hydrogen) atoms. The minimum Gasteiger partial charge on any atom is -0.477 e. The van der Waals surface area contributed by atoms with E-state index in [9.17, 15) is 24.3 Å². The quantitative estimate of drug-likeness (QED) is 0.485. The number of hydrogen-bond acceptors (Lipinski definition) is 7. The molecule has 4 rings (SSSR count). The summed E-state index contributed by atoms with van der Waals surface area (Å²) < 4.78 is 28.5. The SMILES string of the molecule is Cc1c(N2CC(COC(=O)C(C)C)C(COC(=O)C(C)C)C2)c(F)cc2c(=O)c(C(=O)O)cn(C3CC3)c12. The number of aryl methyl sites for hydroxylation is 1. The Balaban J connectivity index is 1.72. The minimum absolute atomic E-state index is 0.0413. The topological polar surface area (TPSA) is 115 Å². The van der Waals surface area contributed by atoms with Crippen LogP contribution in [-0.2, 0) is 19.1 Å². The van der Waals surface area contributed by atoms with Gasteiger partial charge in [0.1, 0.15) is 11.4 Å². The van der Waals surface area contributed by atoms with Crippen molar-refractivity contribution in [1.82, 2.24) is 4.57 Å². The first kappa shape index (κ1) is 27.6. The van der Waals surface area contributed by atoms with Crippen LogP contribution >= 0.6 is 0 Å². The van der Waals surface area contributed by atoms with Gasteiger partial charge in [-0.3, -0.25) is 14.4 Å². The maximum Gasteiger partial charge on any atom is 0.341 e. The Kier molecular flexibility index (Phi) is 7.80. The highest BCUT2D eigenvalue weighted by Gasteiger charge is 2.38. The summed E-state index contributed by atoms with van der Waals surface area (Å²) in [5.74, 6) is -3.63. The molecule has 1 aromatic carbocycles. The predicted molar refractivity (Wildman–Crippen MR) is 139 cm³/mol. The fourth-order valence-electron chi connectivity index (χ4n) is 5.06. The fraction of sp³-hybridized carbons (Fsp3) is 0.571. The predicted octanol–water partition coefficient (Wildman–Crippen LogP) is 3.93. The lowest BCUT2D eigenvalue weighted by molar-refractivity contribution is -0.152. The summed E-state index contributed by atoms with van der Waals surface area (Å²) in [6.07, 6.45) is 3.06. The van der Waals surface area contributed by atoms with Crippen LogP contribution in [0.5, 0.6) is 0 Å². The first-order chi connectivity index (χ1) is 17.9. The van der Waals surface area contributed by atoms with Crippen LogP contribution in [0.15, 0.2) is 17.1 Å². The number of nitrogens with zero attached hydrogens (tertiary/aromatic N) is 2. The minimum atomic E-state index is -1.34. The number of carboxylic acid groups (broad SMARTS) is 1. The molecule has 1 aliphatic carbocycles. The van der Waals surface area contributed by atoms with Crippen LogP contribution in [0.1, 0.15) is 62.5 Å². The van der Waals surface area contributed by atoms with Gasteiger partial charge in [-0.05, 0) is 31.4 Å². The second kappa shape index (κ2) is 10.7. The number of carbonyl (C=O) groups excluding carboxylic acids is 2. The Bertz CT molecular complexity index is 1300. The molecule has 2 atom stereocenters. The number of carboxylic acids is 1. The van der Waals surface area contributed by atoms with Crippen LogP contribution in [0.2, 0.25) is 0 Å². The Morgan fingerprint density at radius 2 is 1.55 bits per heavy atom. The number of benzene rings is 1. The lowest BCUT2D eigenvalue weighted by Crippen LogP contribution is -2.27. The van der Waals surface area contributed by atoms with E-state index in [1.807, 2.05) is 4.90 Å². The molecular formula is C28H35FN2O7. The van der Waals surface area contributed by atoms with Gasteiger partial charge in [0.2, 0.25) is 5.43 Å². The second-order valence-electron chi connectivity index (χ2n) is 11.0. The molecule has 1 aliphatic heterocycles. The van der Waals surface area contributed by atoms with Gasteiger partial charge in [0.25, 0.3) is 0 Å². The van der Waals surface area contributed by atoms with Crippen LogP contribution in [-0.4, -0.2) is 53.9 Å². The molecule has 2 heterocycles. The van der Waals surface area contributed by atoms with E-state index in [4.69, 9.17) is 9.47 Å². The zero-order valence-corrected chi connectivity index (χ0v) is 22.5. The normalized spacial score (nSPS) is 19.4. The number of fused-ring (bicyclic) bond motifs is 1. The van der Waals surface area contributed by atoms with Crippen molar-refractivity contribution < 1.29 is 33.4 Å². The first-order valence-electron chi connectivity index (χ1n) is 13.1. The van der Waals surface area contributed by atoms with Crippen molar-refractivity contribution >= 4 is 34.5 Å². The van der Waals surface area contributed by atoms with Gasteiger partial charge in [-0.1, -0.05) is 27.7 Å². The summed E-state index contributed by atoms with van der Waals surface area (Å²) in [7, 11) is 0. The fourth-order valence-corrected chi connectivity index (χ4v) is 5.06. The zero-order chi connectivity index (χ0) is 27.9. The number of rotatable bonds is 9. The van der Waals surface area contributed by atoms with E-state index in [1.54, 1.807) is 39.2 Å². The summed E-state index contributed by atoms with van der Waals surface area (Å²) in [6, 6.07) is 1.18. The summed E-state index contributed by atoms with van der Waals surface area (Å²) in [5.41, 5.74) is 0.287. The molecule has 2 aromatic rings. The maximum atomic E-state index is 15.7. The summed E-state index contributed by atoms with van der Waals surface area (Å²) >= 11 is 0. The molecule has 10 heteroatoms. The molecule has 9 nitrogen and oxygen atoms in total. The molecule has 1 N–H and O–H groups in total. The van der Waals surface area contributed by atoms with Gasteiger partial charge in [-0.2, -0.15) is 0 Å². The van der Waals surface area contributed by atoms with Crippen molar-refractivity contribution in [1.29, 1.82) is 0 Å². The molecule has 0 radical (unpaired) electrons. The summed E-state index contributed by atoms with van der Waals surface area (Å²) in [4.78, 5) is 50.7. The monoisotopic (exact) mass is 530 g/mol. The summed E-state index contributed by atoms with van der Waals surface area (Å²) in [6.45, 7) is 9.66. The van der Waals surface area contributed by atoms with E-state index < -0.39 is 17.2 Å². The molecule has 1 saturated heterocycles. The van der Waals surface area contributed by atoms with Crippen molar-refractivity contribution in [3.8, 4) is 0 Å². The number of anilines is 1. The number of ether oxygens (including phenoxy) is 2. The van der Waals surface area contributed by atoms with Gasteiger partial charge < -0.3 is 24.0 Å². The Labute approximate surface area is 220 Å². The molecule has 0 bridgehead atoms. The van der Waals surface area contributed by atoms with Crippen LogP contribution < -0.4 is 10.3 Å². The third-order valence-corrected chi connectivity index (χ3v) is 7.36. The average Bonchev–Trinajstić information content (AvgIpc) is 3.62. The molecule has 0 spiro atoms. The molecule has 206 valence electrons. The third kappa shape index (κ3) is 5.39. The lowest BCUT2D eigenvalue weighted by atomic mass is 9.98. The van der Waals surface area contributed by atoms with Gasteiger partial charge in [-0.25, -0.2) is 9.18 Å². The molecule has 1 aromatic heterocycles. The van der Waals surface area contributed by atoms with Crippen molar-refractivity contribution in [3.63, 3.8) is 0 Å². The van der Waals surface area contributed by atoms with Gasteiger partial charge in [0, 0.05) is 42.6 Å². The number of aromatic nitrogens is 1. The largest absolute Gasteiger partial charge is 0.477 e. The number of carbonyl (C=O) groups is 3. The highest BCUT2D eigenvalue weighted by molar-refractivity contribution is 5.95. The van der Waals surface area contributed by atoms with E-state index in [0.717, 1.165) is 18.9 Å². The summed E-state index contributed by atoms with van der Waals surface area (Å²) in [5, 5.41) is 9.58. The molecule has 0 amide bonds. The molecule has 2 unspecified atom stereocenters. The van der Waals surface area contributed by atoms with Crippen LogP contribution in [0.4, 0.5) is 10.1 Å². The van der Waals surface area contributed by atoms with Gasteiger partial charge in [0.15, 0.2) is 0 Å². The van der Waals surface area contributed by atoms with Crippen molar-refractivity contribution in [3.05, 3.63) is 39.4 Å². The van der Waals surface area contributed by atoms with Crippen molar-refractivity contribution in [2.75, 3.05) is 31.2 Å². The van der Waals surface area contributed by atoms with Gasteiger partial charge in [0.05, 0.1) is 36.3 Å². The van der Waals surface area contributed by atoms with E-state index in [2.05, 4.69) is 0 Å². The van der Waals surface area contributed by atoms with Gasteiger partial charge >= 0.3 is 17.9 Å². The molecular weight excluding hydrogens is 495 g/mol. The van der Waals surface area contributed by atoms with E-state index >= 15 is 4.39 Å². The van der Waals surface area contributed by atoms with Crippen LogP contribution in [0.3, 0.4) is 0 Å². The number of hydrogen-bond donors (Lipinski definition) is 1. The van der Waals surface area contributed by atoms with E-state index in [-0.39, 0.29) is 65.8 Å². The number of esters is 2. The molecule has 2 fully saturated rings. The highest BCUT2D eigenvalue weighted by atomic mass is 19.1. The van der Waals surface area contributed by atoms with E-state index in [0.29, 0.717) is 29.9 Å². The smallest absolute Gasteiger partial charge is 0.341 e. The Morgan fingerprint density at radius 3 is 2.00 bits per heavy atom. The Hall–Kier alpha value is -3.43. The molecule has 2 aliphatic rings. The van der Waals surface area contributed by atoms with Crippen LogP contribution in [0.25, 0.3) is 10.9 Å². The van der Waals surface area contributed by atoms with Crippen molar-refractivity contribution in [2.24, 2.45) is 23.7 Å². The number of pyridine rings is 1. The zero-order valence-electron chi connectivity index (χ0n) is 22.5. The highest BCUT2D eigenvalue weighted by Crippen LogP contribution is 2.41. The third-order valence-electron chi connectivity index (χ3n) is 7.36. The van der Waals surface area contributed by atoms with E-state index in [1.165, 1.54) is 6.20 Å². The average molecular weight is 531 g/mol. The second-order valence-corrected chi connectivity index (χ2v) is 11.0. The van der Waals surface area contributed by atoms with Gasteiger partial charge in [-0.15, -0.1) is 0 Å². The first-order valence-corrected chi connectivity index (χ1v) is 13.1. The molecule has 1 saturated carbocycles. The van der Waals surface area contributed by atoms with Crippen molar-refractivity contribution in [2.45, 2.75) is 53.5 Å². The maximum absolute atomic E-state index is 15.7. The number of halogens is 1. The lowest BCUT2D eigenvalue weighted by Gasteiger charge is -2.24. The Morgan fingerprint density at radius 1 is 1.03 bits per heavy atom.